The van der Waals surface area contributed by atoms with Crippen LogP contribution in [0.4, 0.5) is 5.69 Å². The number of nitrogens with one attached hydrogen (secondary N) is 1. The third-order valence-electron chi connectivity index (χ3n) is 2.91. The summed E-state index contributed by atoms with van der Waals surface area (Å²) in [4.78, 5) is 15.8. The van der Waals surface area contributed by atoms with Crippen molar-refractivity contribution >= 4 is 11.6 Å². The highest BCUT2D eigenvalue weighted by molar-refractivity contribution is 5.76. The summed E-state index contributed by atoms with van der Waals surface area (Å²) in [5.41, 5.74) is 7.50. The fourth-order valence-corrected chi connectivity index (χ4v) is 1.91. The molecule has 1 aromatic heterocycles. The van der Waals surface area contributed by atoms with E-state index < -0.39 is 0 Å². The summed E-state index contributed by atoms with van der Waals surface area (Å²) in [6.45, 7) is 0.555. The predicted molar refractivity (Wildman–Crippen MR) is 76.9 cm³/mol. The van der Waals surface area contributed by atoms with Crippen LogP contribution in [0.2, 0.25) is 0 Å². The first kappa shape index (κ1) is 14.0. The normalized spacial score (nSPS) is 10.4. The summed E-state index contributed by atoms with van der Waals surface area (Å²) in [6, 6.07) is 7.60. The summed E-state index contributed by atoms with van der Waals surface area (Å²) in [5.74, 6) is 0.770. The van der Waals surface area contributed by atoms with E-state index in [9.17, 15) is 4.79 Å². The van der Waals surface area contributed by atoms with E-state index in [4.69, 9.17) is 5.73 Å². The van der Waals surface area contributed by atoms with Crippen LogP contribution in [-0.2, 0) is 24.7 Å². The lowest BCUT2D eigenvalue weighted by atomic mass is 10.1. The molecule has 6 nitrogen and oxygen atoms in total. The number of hydrogen-bond acceptors (Lipinski definition) is 4. The molecule has 2 aromatic rings. The molecule has 0 spiro atoms. The van der Waals surface area contributed by atoms with Crippen molar-refractivity contribution in [2.45, 2.75) is 19.3 Å². The van der Waals surface area contributed by atoms with Crippen LogP contribution < -0.4 is 11.1 Å². The number of aromatic nitrogens is 3. The van der Waals surface area contributed by atoms with Gasteiger partial charge in [0.05, 0.1) is 0 Å². The fraction of sp³-hybridized carbons (Fsp3) is 0.357. The standard InChI is InChI=1S/C14H19N5O/c1-19-10-17-13(18-19)7-8-16-14(20)6-5-11-3-2-4-12(15)9-11/h2-4,9-10H,5-8,15H2,1H3,(H,16,20). The first-order valence-corrected chi connectivity index (χ1v) is 6.59. The molecule has 1 amide bonds. The zero-order chi connectivity index (χ0) is 14.4. The van der Waals surface area contributed by atoms with E-state index in [1.165, 1.54) is 0 Å². The Morgan fingerprint density at radius 1 is 1.40 bits per heavy atom. The third-order valence-corrected chi connectivity index (χ3v) is 2.91. The van der Waals surface area contributed by atoms with Gasteiger partial charge in [-0.25, -0.2) is 4.98 Å². The topological polar surface area (TPSA) is 85.8 Å². The van der Waals surface area contributed by atoms with Gasteiger partial charge in [-0.15, -0.1) is 0 Å². The van der Waals surface area contributed by atoms with Crippen molar-refractivity contribution < 1.29 is 4.79 Å². The number of amides is 1. The van der Waals surface area contributed by atoms with E-state index in [0.29, 0.717) is 25.8 Å². The molecule has 1 heterocycles. The van der Waals surface area contributed by atoms with E-state index in [-0.39, 0.29) is 5.91 Å². The average Bonchev–Trinajstić information content (AvgIpc) is 2.82. The lowest BCUT2D eigenvalue weighted by Crippen LogP contribution is -2.26. The molecule has 20 heavy (non-hydrogen) atoms. The molecular formula is C14H19N5O. The van der Waals surface area contributed by atoms with Crippen LogP contribution in [0.5, 0.6) is 0 Å². The summed E-state index contributed by atoms with van der Waals surface area (Å²) >= 11 is 0. The summed E-state index contributed by atoms with van der Waals surface area (Å²) in [6.07, 6.45) is 3.44. The van der Waals surface area contributed by atoms with Gasteiger partial charge in [-0.3, -0.25) is 9.48 Å². The van der Waals surface area contributed by atoms with Gasteiger partial charge in [0.1, 0.15) is 6.33 Å². The molecule has 0 radical (unpaired) electrons. The third kappa shape index (κ3) is 4.38. The van der Waals surface area contributed by atoms with Crippen LogP contribution in [0, 0.1) is 0 Å². The van der Waals surface area contributed by atoms with Crippen molar-refractivity contribution in [3.8, 4) is 0 Å². The first-order chi connectivity index (χ1) is 9.63. The van der Waals surface area contributed by atoms with Gasteiger partial charge in [-0.1, -0.05) is 12.1 Å². The second-order valence-corrected chi connectivity index (χ2v) is 4.68. The molecule has 0 atom stereocenters. The number of benzene rings is 1. The molecule has 106 valence electrons. The second kappa shape index (κ2) is 6.70. The van der Waals surface area contributed by atoms with Gasteiger partial charge in [-0.05, 0) is 24.1 Å². The van der Waals surface area contributed by atoms with Gasteiger partial charge in [0.2, 0.25) is 5.91 Å². The Balaban J connectivity index is 1.68. The lowest BCUT2D eigenvalue weighted by molar-refractivity contribution is -0.121. The largest absolute Gasteiger partial charge is 0.399 e. The second-order valence-electron chi connectivity index (χ2n) is 4.68. The number of anilines is 1. The van der Waals surface area contributed by atoms with E-state index in [0.717, 1.165) is 17.1 Å². The van der Waals surface area contributed by atoms with Gasteiger partial charge in [-0.2, -0.15) is 5.10 Å². The maximum absolute atomic E-state index is 11.7. The highest BCUT2D eigenvalue weighted by Gasteiger charge is 2.04. The Morgan fingerprint density at radius 3 is 2.95 bits per heavy atom. The Hall–Kier alpha value is -2.37. The van der Waals surface area contributed by atoms with E-state index in [1.54, 1.807) is 11.0 Å². The molecule has 2 rings (SSSR count). The first-order valence-electron chi connectivity index (χ1n) is 6.59. The molecule has 0 fully saturated rings. The van der Waals surface area contributed by atoms with Crippen LogP contribution in [0.15, 0.2) is 30.6 Å². The molecule has 1 aromatic carbocycles. The minimum absolute atomic E-state index is 0.0309. The Labute approximate surface area is 118 Å². The zero-order valence-electron chi connectivity index (χ0n) is 11.5. The highest BCUT2D eigenvalue weighted by atomic mass is 16.1. The number of aryl methyl sites for hydroxylation is 2. The summed E-state index contributed by atoms with van der Waals surface area (Å²) in [7, 11) is 1.82. The fourth-order valence-electron chi connectivity index (χ4n) is 1.91. The molecular weight excluding hydrogens is 254 g/mol. The van der Waals surface area contributed by atoms with Gasteiger partial charge in [0, 0.05) is 32.1 Å². The molecule has 0 saturated heterocycles. The lowest BCUT2D eigenvalue weighted by Gasteiger charge is -2.04. The minimum atomic E-state index is 0.0309. The number of rotatable bonds is 6. The quantitative estimate of drug-likeness (QED) is 0.758. The van der Waals surface area contributed by atoms with Gasteiger partial charge in [0.25, 0.3) is 0 Å². The SMILES string of the molecule is Cn1cnc(CCNC(=O)CCc2cccc(N)c2)n1. The number of nitrogens with zero attached hydrogens (tertiary/aromatic N) is 3. The molecule has 0 bridgehead atoms. The van der Waals surface area contributed by atoms with Gasteiger partial charge in [0.15, 0.2) is 5.82 Å². The Morgan fingerprint density at radius 2 is 2.25 bits per heavy atom. The Kier molecular flexibility index (Phi) is 4.70. The van der Waals surface area contributed by atoms with Crippen LogP contribution in [-0.4, -0.2) is 27.2 Å². The van der Waals surface area contributed by atoms with Crippen LogP contribution in [0.3, 0.4) is 0 Å². The maximum Gasteiger partial charge on any atom is 0.220 e. The number of carbonyl (C=O) groups excluding carboxylic acids is 1. The van der Waals surface area contributed by atoms with Crippen molar-refractivity contribution in [1.29, 1.82) is 0 Å². The van der Waals surface area contributed by atoms with Crippen molar-refractivity contribution in [2.75, 3.05) is 12.3 Å². The smallest absolute Gasteiger partial charge is 0.220 e. The zero-order valence-corrected chi connectivity index (χ0v) is 11.5. The molecule has 0 unspecified atom stereocenters. The maximum atomic E-state index is 11.7. The van der Waals surface area contributed by atoms with E-state index >= 15 is 0 Å². The molecule has 6 heteroatoms. The van der Waals surface area contributed by atoms with Crippen molar-refractivity contribution in [3.05, 3.63) is 42.0 Å². The number of hydrogen-bond donors (Lipinski definition) is 2. The van der Waals surface area contributed by atoms with Gasteiger partial charge < -0.3 is 11.1 Å². The number of nitrogen functional groups attached to an aromatic ring is 1. The minimum Gasteiger partial charge on any atom is -0.399 e. The average molecular weight is 273 g/mol. The van der Waals surface area contributed by atoms with Crippen molar-refractivity contribution in [2.24, 2.45) is 7.05 Å². The predicted octanol–water partition coefficient (Wildman–Crippen LogP) is 0.689. The monoisotopic (exact) mass is 273 g/mol. The number of carbonyl (C=O) groups is 1. The van der Waals surface area contributed by atoms with Crippen LogP contribution in [0.25, 0.3) is 0 Å². The summed E-state index contributed by atoms with van der Waals surface area (Å²) < 4.78 is 1.65. The molecule has 0 saturated carbocycles. The summed E-state index contributed by atoms with van der Waals surface area (Å²) in [5, 5.41) is 7.02. The number of nitrogens with two attached hydrogens (primary N) is 1. The van der Waals surface area contributed by atoms with E-state index in [1.807, 2.05) is 31.3 Å². The highest BCUT2D eigenvalue weighted by Crippen LogP contribution is 2.08. The van der Waals surface area contributed by atoms with E-state index in [2.05, 4.69) is 15.4 Å². The Bertz CT molecular complexity index is 578. The van der Waals surface area contributed by atoms with Crippen molar-refractivity contribution in [3.63, 3.8) is 0 Å². The molecule has 0 aliphatic heterocycles. The van der Waals surface area contributed by atoms with Gasteiger partial charge >= 0.3 is 0 Å². The molecule has 0 aliphatic rings. The van der Waals surface area contributed by atoms with Crippen LogP contribution in [0.1, 0.15) is 17.8 Å². The van der Waals surface area contributed by atoms with Crippen LogP contribution >= 0.6 is 0 Å². The molecule has 0 aliphatic carbocycles. The molecule has 3 N–H and O–H groups in total. The van der Waals surface area contributed by atoms with Crippen molar-refractivity contribution in [1.82, 2.24) is 20.1 Å².